The van der Waals surface area contributed by atoms with Gasteiger partial charge in [0.2, 0.25) is 0 Å². The maximum absolute atomic E-state index is 6.53. The lowest BCUT2D eigenvalue weighted by Gasteiger charge is -2.14. The molecule has 0 aliphatic rings. The van der Waals surface area contributed by atoms with E-state index in [0.717, 1.165) is 71.3 Å². The second kappa shape index (κ2) is 10.2. The molecule has 4 nitrogen and oxygen atoms in total. The highest BCUT2D eigenvalue weighted by atomic mass is 16.3. The van der Waals surface area contributed by atoms with Gasteiger partial charge >= 0.3 is 0 Å². The lowest BCUT2D eigenvalue weighted by molar-refractivity contribution is 0.672. The standard InChI is InChI=1S/C41H25N3O/c1-3-13-27(14-4-1)30-21-12-23-33-37(30)35(25-34-31-20-9-10-24-36(31)45-38(33)34)41-43-39(28-16-5-2-6-17-28)42-40(44-41)32-22-11-18-26-15-7-8-19-29(26)32/h1-25H. The molecule has 0 aliphatic heterocycles. The maximum Gasteiger partial charge on any atom is 0.164 e. The van der Waals surface area contributed by atoms with E-state index in [2.05, 4.69) is 103 Å². The van der Waals surface area contributed by atoms with Crippen LogP contribution in [0.15, 0.2) is 156 Å². The number of furan rings is 1. The molecule has 0 unspecified atom stereocenters. The monoisotopic (exact) mass is 575 g/mol. The van der Waals surface area contributed by atoms with Crippen molar-refractivity contribution in [2.24, 2.45) is 0 Å². The SMILES string of the molecule is c1ccc(-c2nc(-c3cccc4ccccc34)nc(-c3cc4c5ccccc5oc4c4cccc(-c5ccccc5)c34)n2)cc1. The fourth-order valence-electron chi connectivity index (χ4n) is 6.45. The normalized spacial score (nSPS) is 11.6. The summed E-state index contributed by atoms with van der Waals surface area (Å²) in [6.07, 6.45) is 0. The van der Waals surface area contributed by atoms with E-state index in [-0.39, 0.29) is 0 Å². The summed E-state index contributed by atoms with van der Waals surface area (Å²) >= 11 is 0. The van der Waals surface area contributed by atoms with Crippen molar-refractivity contribution >= 4 is 43.5 Å². The second-order valence-electron chi connectivity index (χ2n) is 11.2. The van der Waals surface area contributed by atoms with Crippen LogP contribution in [0.4, 0.5) is 0 Å². The zero-order valence-electron chi connectivity index (χ0n) is 24.2. The van der Waals surface area contributed by atoms with E-state index in [1.54, 1.807) is 0 Å². The molecule has 45 heavy (non-hydrogen) atoms. The van der Waals surface area contributed by atoms with Gasteiger partial charge in [0.1, 0.15) is 11.2 Å². The van der Waals surface area contributed by atoms with Crippen LogP contribution >= 0.6 is 0 Å². The molecule has 0 saturated heterocycles. The number of aromatic nitrogens is 3. The van der Waals surface area contributed by atoms with Crippen LogP contribution in [0.2, 0.25) is 0 Å². The summed E-state index contributed by atoms with van der Waals surface area (Å²) in [4.78, 5) is 15.5. The minimum Gasteiger partial charge on any atom is -0.455 e. The van der Waals surface area contributed by atoms with Gasteiger partial charge in [0.15, 0.2) is 17.5 Å². The van der Waals surface area contributed by atoms with Crippen molar-refractivity contribution in [2.45, 2.75) is 0 Å². The number of para-hydroxylation sites is 1. The molecule has 0 fully saturated rings. The largest absolute Gasteiger partial charge is 0.455 e. The van der Waals surface area contributed by atoms with E-state index in [1.165, 1.54) is 0 Å². The van der Waals surface area contributed by atoms with Crippen LogP contribution in [0.5, 0.6) is 0 Å². The molecule has 210 valence electrons. The van der Waals surface area contributed by atoms with Gasteiger partial charge in [-0.3, -0.25) is 0 Å². The van der Waals surface area contributed by atoms with E-state index in [4.69, 9.17) is 19.4 Å². The predicted octanol–water partition coefficient (Wildman–Crippen LogP) is 10.7. The van der Waals surface area contributed by atoms with Crippen molar-refractivity contribution in [1.29, 1.82) is 0 Å². The van der Waals surface area contributed by atoms with Crippen LogP contribution in [0.25, 0.3) is 88.8 Å². The Bertz CT molecular complexity index is 2530. The van der Waals surface area contributed by atoms with Gasteiger partial charge in [0.05, 0.1) is 0 Å². The Balaban J connectivity index is 1.43. The zero-order chi connectivity index (χ0) is 29.7. The molecule has 0 N–H and O–H groups in total. The Kier molecular flexibility index (Phi) is 5.78. The third-order valence-electron chi connectivity index (χ3n) is 8.52. The molecule has 0 bridgehead atoms. The Morgan fingerprint density at radius 3 is 1.78 bits per heavy atom. The molecule has 2 aromatic heterocycles. The average molecular weight is 576 g/mol. The Morgan fingerprint density at radius 2 is 0.956 bits per heavy atom. The first-order valence-electron chi connectivity index (χ1n) is 15.0. The molecular formula is C41H25N3O. The number of rotatable bonds is 4. The average Bonchev–Trinajstić information content (AvgIpc) is 3.50. The fraction of sp³-hybridized carbons (Fsp3) is 0. The lowest BCUT2D eigenvalue weighted by atomic mass is 9.92. The first kappa shape index (κ1) is 25.4. The van der Waals surface area contributed by atoms with Gasteiger partial charge in [-0.1, -0.05) is 140 Å². The Morgan fingerprint density at radius 1 is 0.378 bits per heavy atom. The molecule has 0 atom stereocenters. The molecule has 0 spiro atoms. The molecule has 0 saturated carbocycles. The molecule has 2 heterocycles. The topological polar surface area (TPSA) is 51.8 Å². The third-order valence-corrected chi connectivity index (χ3v) is 8.52. The van der Waals surface area contributed by atoms with Gasteiger partial charge in [-0.15, -0.1) is 0 Å². The van der Waals surface area contributed by atoms with Crippen LogP contribution in [-0.2, 0) is 0 Å². The molecule has 9 aromatic rings. The smallest absolute Gasteiger partial charge is 0.164 e. The van der Waals surface area contributed by atoms with Crippen LogP contribution in [0, 0.1) is 0 Å². The molecule has 0 radical (unpaired) electrons. The number of hydrogen-bond donors (Lipinski definition) is 0. The molecule has 7 aromatic carbocycles. The minimum atomic E-state index is 0.618. The third kappa shape index (κ3) is 4.19. The van der Waals surface area contributed by atoms with Crippen molar-refractivity contribution in [2.75, 3.05) is 0 Å². The maximum atomic E-state index is 6.53. The van der Waals surface area contributed by atoms with E-state index >= 15 is 0 Å². The summed E-state index contributed by atoms with van der Waals surface area (Å²) in [5, 5.41) is 6.40. The molecular weight excluding hydrogens is 550 g/mol. The summed E-state index contributed by atoms with van der Waals surface area (Å²) in [6.45, 7) is 0. The van der Waals surface area contributed by atoms with Crippen molar-refractivity contribution < 1.29 is 4.42 Å². The highest BCUT2D eigenvalue weighted by molar-refractivity contribution is 6.21. The first-order valence-corrected chi connectivity index (χ1v) is 15.0. The van der Waals surface area contributed by atoms with Gasteiger partial charge in [0.25, 0.3) is 0 Å². The predicted molar refractivity (Wildman–Crippen MR) is 184 cm³/mol. The Hall–Kier alpha value is -6.13. The molecule has 4 heteroatoms. The van der Waals surface area contributed by atoms with Crippen molar-refractivity contribution in [3.8, 4) is 45.3 Å². The van der Waals surface area contributed by atoms with Crippen molar-refractivity contribution in [1.82, 2.24) is 15.0 Å². The lowest BCUT2D eigenvalue weighted by Crippen LogP contribution is -2.01. The molecule has 0 amide bonds. The summed E-state index contributed by atoms with van der Waals surface area (Å²) in [5.74, 6) is 1.89. The summed E-state index contributed by atoms with van der Waals surface area (Å²) < 4.78 is 6.53. The number of nitrogens with zero attached hydrogens (tertiary/aromatic N) is 3. The first-order chi connectivity index (χ1) is 22.3. The summed E-state index contributed by atoms with van der Waals surface area (Å²) in [6, 6.07) is 52.1. The molecule has 0 aliphatic carbocycles. The minimum absolute atomic E-state index is 0.618. The van der Waals surface area contributed by atoms with Crippen molar-refractivity contribution in [3.63, 3.8) is 0 Å². The summed E-state index contributed by atoms with van der Waals surface area (Å²) in [7, 11) is 0. The number of fused-ring (bicyclic) bond motifs is 6. The number of benzene rings is 7. The van der Waals surface area contributed by atoms with Gasteiger partial charge in [0, 0.05) is 38.2 Å². The van der Waals surface area contributed by atoms with Gasteiger partial charge in [-0.25, -0.2) is 15.0 Å². The quantitative estimate of drug-likeness (QED) is 0.209. The second-order valence-corrected chi connectivity index (χ2v) is 11.2. The van der Waals surface area contributed by atoms with Gasteiger partial charge in [-0.2, -0.15) is 0 Å². The molecule has 9 rings (SSSR count). The van der Waals surface area contributed by atoms with Crippen molar-refractivity contribution in [3.05, 3.63) is 152 Å². The van der Waals surface area contributed by atoms with E-state index in [1.807, 2.05) is 48.5 Å². The zero-order valence-corrected chi connectivity index (χ0v) is 24.2. The fourth-order valence-corrected chi connectivity index (χ4v) is 6.45. The van der Waals surface area contributed by atoms with Crippen LogP contribution in [0.1, 0.15) is 0 Å². The Labute approximate surface area is 259 Å². The highest BCUT2D eigenvalue weighted by Gasteiger charge is 2.21. The number of hydrogen-bond acceptors (Lipinski definition) is 4. The van der Waals surface area contributed by atoms with Gasteiger partial charge in [-0.05, 0) is 34.0 Å². The van der Waals surface area contributed by atoms with Crippen LogP contribution in [0.3, 0.4) is 0 Å². The summed E-state index contributed by atoms with van der Waals surface area (Å²) in [5.41, 5.74) is 6.77. The van der Waals surface area contributed by atoms with Crippen LogP contribution < -0.4 is 0 Å². The highest BCUT2D eigenvalue weighted by Crippen LogP contribution is 2.43. The van der Waals surface area contributed by atoms with E-state index < -0.39 is 0 Å². The van der Waals surface area contributed by atoms with E-state index in [9.17, 15) is 0 Å². The van der Waals surface area contributed by atoms with Crippen LogP contribution in [-0.4, -0.2) is 15.0 Å². The van der Waals surface area contributed by atoms with Gasteiger partial charge < -0.3 is 4.42 Å². The van der Waals surface area contributed by atoms with E-state index in [0.29, 0.717) is 17.5 Å².